The van der Waals surface area contributed by atoms with Gasteiger partial charge in [0.25, 0.3) is 11.8 Å². The Labute approximate surface area is 136 Å². The molecule has 0 aromatic heterocycles. The molecule has 0 atom stereocenters. The van der Waals surface area contributed by atoms with Gasteiger partial charge < -0.3 is 14.9 Å². The Balaban J connectivity index is 2.90. The summed E-state index contributed by atoms with van der Waals surface area (Å²) in [7, 11) is 3.33. The number of aliphatic carboxylic acids is 1. The first-order chi connectivity index (χ1) is 10.7. The Hall–Kier alpha value is -2.37. The zero-order chi connectivity index (χ0) is 17.6. The molecule has 0 heterocycles. The summed E-state index contributed by atoms with van der Waals surface area (Å²) >= 11 is 0. The Bertz CT molecular complexity index is 564. The molecule has 0 saturated carbocycles. The van der Waals surface area contributed by atoms with E-state index < -0.39 is 5.97 Å². The molecule has 0 aliphatic heterocycles. The van der Waals surface area contributed by atoms with Gasteiger partial charge in [0.2, 0.25) is 0 Å². The lowest BCUT2D eigenvalue weighted by Crippen LogP contribution is -2.36. The molecular formula is C17H24N2O4. The molecule has 6 nitrogen and oxygen atoms in total. The maximum atomic E-state index is 12.5. The van der Waals surface area contributed by atoms with Gasteiger partial charge >= 0.3 is 5.97 Å². The van der Waals surface area contributed by atoms with Crippen molar-refractivity contribution in [3.05, 3.63) is 35.4 Å². The van der Waals surface area contributed by atoms with E-state index in [1.54, 1.807) is 43.3 Å². The molecule has 0 saturated heterocycles. The third-order valence-corrected chi connectivity index (χ3v) is 3.25. The number of carbonyl (C=O) groups excluding carboxylic acids is 2. The number of hydrogen-bond donors (Lipinski definition) is 1. The molecule has 0 radical (unpaired) electrons. The normalized spacial score (nSPS) is 10.5. The summed E-state index contributed by atoms with van der Waals surface area (Å²) < 4.78 is 0. The van der Waals surface area contributed by atoms with Crippen LogP contribution in [0.1, 0.15) is 41.0 Å². The Kier molecular flexibility index (Phi) is 6.75. The average molecular weight is 320 g/mol. The van der Waals surface area contributed by atoms with Crippen molar-refractivity contribution in [3.63, 3.8) is 0 Å². The number of carboxylic acids is 1. The number of benzene rings is 1. The molecule has 0 fully saturated rings. The van der Waals surface area contributed by atoms with Crippen molar-refractivity contribution in [2.75, 3.05) is 27.2 Å². The first-order valence-corrected chi connectivity index (χ1v) is 7.55. The Morgan fingerprint density at radius 2 is 1.48 bits per heavy atom. The smallest absolute Gasteiger partial charge is 0.305 e. The largest absolute Gasteiger partial charge is 0.481 e. The maximum Gasteiger partial charge on any atom is 0.305 e. The molecule has 6 heteroatoms. The minimum atomic E-state index is -0.932. The molecule has 0 aliphatic rings. The van der Waals surface area contributed by atoms with E-state index in [0.29, 0.717) is 17.7 Å². The summed E-state index contributed by atoms with van der Waals surface area (Å²) in [5.74, 6) is -1.04. The van der Waals surface area contributed by atoms with Gasteiger partial charge in [-0.1, -0.05) is 13.8 Å². The van der Waals surface area contributed by atoms with Crippen LogP contribution in [-0.4, -0.2) is 59.9 Å². The summed E-state index contributed by atoms with van der Waals surface area (Å²) in [5.41, 5.74) is 0.957. The van der Waals surface area contributed by atoms with Gasteiger partial charge in [-0.15, -0.1) is 0 Å². The van der Waals surface area contributed by atoms with Crippen LogP contribution in [0.3, 0.4) is 0 Å². The summed E-state index contributed by atoms with van der Waals surface area (Å²) in [6.45, 7) is 4.61. The van der Waals surface area contributed by atoms with Crippen molar-refractivity contribution in [2.24, 2.45) is 5.92 Å². The van der Waals surface area contributed by atoms with Crippen molar-refractivity contribution >= 4 is 17.8 Å². The number of amides is 2. The van der Waals surface area contributed by atoms with Gasteiger partial charge in [-0.25, -0.2) is 0 Å². The second-order valence-corrected chi connectivity index (χ2v) is 6.07. The highest BCUT2D eigenvalue weighted by atomic mass is 16.4. The van der Waals surface area contributed by atoms with E-state index in [9.17, 15) is 14.4 Å². The fraction of sp³-hybridized carbons (Fsp3) is 0.471. The van der Waals surface area contributed by atoms with E-state index >= 15 is 0 Å². The van der Waals surface area contributed by atoms with Gasteiger partial charge in [-0.2, -0.15) is 0 Å². The van der Waals surface area contributed by atoms with Gasteiger partial charge in [0.05, 0.1) is 6.42 Å². The van der Waals surface area contributed by atoms with E-state index in [2.05, 4.69) is 0 Å². The van der Waals surface area contributed by atoms with Crippen LogP contribution >= 0.6 is 0 Å². The molecule has 0 spiro atoms. The zero-order valence-corrected chi connectivity index (χ0v) is 14.1. The van der Waals surface area contributed by atoms with Crippen molar-refractivity contribution in [3.8, 4) is 0 Å². The predicted octanol–water partition coefficient (Wildman–Crippen LogP) is 1.96. The number of carboxylic acid groups (broad SMARTS) is 1. The van der Waals surface area contributed by atoms with Crippen molar-refractivity contribution in [1.82, 2.24) is 9.80 Å². The minimum absolute atomic E-state index is 0.0876. The molecule has 126 valence electrons. The molecule has 1 N–H and O–H groups in total. The highest BCUT2D eigenvalue weighted by Gasteiger charge is 2.18. The zero-order valence-electron chi connectivity index (χ0n) is 14.1. The molecule has 1 aromatic carbocycles. The van der Waals surface area contributed by atoms with E-state index in [0.717, 1.165) is 0 Å². The van der Waals surface area contributed by atoms with Crippen molar-refractivity contribution < 1.29 is 19.5 Å². The molecule has 2 amide bonds. The van der Waals surface area contributed by atoms with E-state index in [4.69, 9.17) is 5.11 Å². The average Bonchev–Trinajstić information content (AvgIpc) is 2.49. The molecule has 23 heavy (non-hydrogen) atoms. The summed E-state index contributed by atoms with van der Waals surface area (Å²) in [5, 5.41) is 8.82. The quantitative estimate of drug-likeness (QED) is 0.833. The Morgan fingerprint density at radius 1 is 1.00 bits per heavy atom. The maximum absolute atomic E-state index is 12.5. The van der Waals surface area contributed by atoms with Gasteiger partial charge in [0, 0.05) is 38.3 Å². The van der Waals surface area contributed by atoms with Crippen LogP contribution in [0.5, 0.6) is 0 Å². The van der Waals surface area contributed by atoms with Crippen LogP contribution in [0.25, 0.3) is 0 Å². The lowest BCUT2D eigenvalue weighted by atomic mass is 10.1. The first-order valence-electron chi connectivity index (χ1n) is 7.55. The second kappa shape index (κ2) is 8.31. The standard InChI is InChI=1S/C17H24N2O4/c1-12(2)11-19(10-9-15(20)21)17(23)14-7-5-13(6-8-14)16(22)18(3)4/h5-8,12H,9-11H2,1-4H3,(H,20,21). The number of carbonyl (C=O) groups is 3. The van der Waals surface area contributed by atoms with Gasteiger partial charge in [0.1, 0.15) is 0 Å². The van der Waals surface area contributed by atoms with E-state index in [1.165, 1.54) is 4.90 Å². The summed E-state index contributed by atoms with van der Waals surface area (Å²) in [6.07, 6.45) is -0.0876. The molecule has 0 bridgehead atoms. The summed E-state index contributed by atoms with van der Waals surface area (Å²) in [4.78, 5) is 38.2. The third-order valence-electron chi connectivity index (χ3n) is 3.25. The number of nitrogens with zero attached hydrogens (tertiary/aromatic N) is 2. The SMILES string of the molecule is CC(C)CN(CCC(=O)O)C(=O)c1ccc(C(=O)N(C)C)cc1. The minimum Gasteiger partial charge on any atom is -0.481 e. The fourth-order valence-corrected chi connectivity index (χ4v) is 2.14. The topological polar surface area (TPSA) is 77.9 Å². The van der Waals surface area contributed by atoms with Crippen LogP contribution < -0.4 is 0 Å². The van der Waals surface area contributed by atoms with Crippen LogP contribution in [-0.2, 0) is 4.79 Å². The molecule has 1 rings (SSSR count). The predicted molar refractivity (Wildman–Crippen MR) is 87.5 cm³/mol. The van der Waals surface area contributed by atoms with E-state index in [-0.39, 0.29) is 30.7 Å². The number of hydrogen-bond acceptors (Lipinski definition) is 3. The van der Waals surface area contributed by atoms with E-state index in [1.807, 2.05) is 13.8 Å². The Morgan fingerprint density at radius 3 is 1.87 bits per heavy atom. The monoisotopic (exact) mass is 320 g/mol. The van der Waals surface area contributed by atoms with Crippen LogP contribution in [0.4, 0.5) is 0 Å². The molecular weight excluding hydrogens is 296 g/mol. The number of rotatable bonds is 7. The molecule has 0 aliphatic carbocycles. The van der Waals surface area contributed by atoms with Gasteiger partial charge in [-0.3, -0.25) is 14.4 Å². The van der Waals surface area contributed by atoms with Crippen LogP contribution in [0, 0.1) is 5.92 Å². The highest BCUT2D eigenvalue weighted by molar-refractivity contribution is 5.97. The molecule has 0 unspecified atom stereocenters. The van der Waals surface area contributed by atoms with Crippen molar-refractivity contribution in [1.29, 1.82) is 0 Å². The lowest BCUT2D eigenvalue weighted by molar-refractivity contribution is -0.137. The highest BCUT2D eigenvalue weighted by Crippen LogP contribution is 2.11. The third kappa shape index (κ3) is 5.73. The lowest BCUT2D eigenvalue weighted by Gasteiger charge is -2.24. The van der Waals surface area contributed by atoms with Crippen LogP contribution in [0.2, 0.25) is 0 Å². The van der Waals surface area contributed by atoms with Gasteiger partial charge in [-0.05, 0) is 30.2 Å². The van der Waals surface area contributed by atoms with Crippen LogP contribution in [0.15, 0.2) is 24.3 Å². The molecule has 1 aromatic rings. The fourth-order valence-electron chi connectivity index (χ4n) is 2.14. The van der Waals surface area contributed by atoms with Crippen molar-refractivity contribution in [2.45, 2.75) is 20.3 Å². The summed E-state index contributed by atoms with van der Waals surface area (Å²) in [6, 6.07) is 6.43. The van der Waals surface area contributed by atoms with Gasteiger partial charge in [0.15, 0.2) is 0 Å². The first kappa shape index (κ1) is 18.7. The second-order valence-electron chi connectivity index (χ2n) is 6.07.